The van der Waals surface area contributed by atoms with Crippen LogP contribution in [0.1, 0.15) is 30.5 Å². The predicted octanol–water partition coefficient (Wildman–Crippen LogP) is 3.22. The van der Waals surface area contributed by atoms with E-state index in [1.807, 2.05) is 48.5 Å². The molecule has 0 spiro atoms. The minimum absolute atomic E-state index is 0.135. The van der Waals surface area contributed by atoms with Crippen molar-refractivity contribution in [2.75, 3.05) is 0 Å². The van der Waals surface area contributed by atoms with Gasteiger partial charge in [0.25, 0.3) is 0 Å². The van der Waals surface area contributed by atoms with Gasteiger partial charge in [-0.2, -0.15) is 0 Å². The molecule has 2 aromatic rings. The van der Waals surface area contributed by atoms with Gasteiger partial charge >= 0.3 is 0 Å². The third-order valence-electron chi connectivity index (χ3n) is 3.38. The van der Waals surface area contributed by atoms with Crippen LogP contribution < -0.4 is 10.6 Å². The summed E-state index contributed by atoms with van der Waals surface area (Å²) in [6.07, 6.45) is 0.135. The molecule has 0 aliphatic rings. The highest BCUT2D eigenvalue weighted by molar-refractivity contribution is 6.31. The third kappa shape index (κ3) is 5.42. The number of rotatable bonds is 6. The predicted molar refractivity (Wildman–Crippen MR) is 90.9 cm³/mol. The highest BCUT2D eigenvalue weighted by atomic mass is 35.5. The zero-order valence-electron chi connectivity index (χ0n) is 12.9. The van der Waals surface area contributed by atoms with E-state index in [0.29, 0.717) is 11.6 Å². The van der Waals surface area contributed by atoms with Gasteiger partial charge in [0, 0.05) is 18.5 Å². The van der Waals surface area contributed by atoms with Crippen molar-refractivity contribution in [2.45, 2.75) is 25.9 Å². The number of nitrogens with one attached hydrogen (secondary N) is 2. The van der Waals surface area contributed by atoms with E-state index < -0.39 is 6.04 Å². The highest BCUT2D eigenvalue weighted by Gasteiger charge is 2.19. The third-order valence-corrected chi connectivity index (χ3v) is 3.72. The van der Waals surface area contributed by atoms with Crippen LogP contribution in [0, 0.1) is 0 Å². The molecule has 4 nitrogen and oxygen atoms in total. The van der Waals surface area contributed by atoms with Crippen LogP contribution >= 0.6 is 11.6 Å². The largest absolute Gasteiger partial charge is 0.352 e. The van der Waals surface area contributed by atoms with E-state index in [1.54, 1.807) is 6.07 Å². The second kappa shape index (κ2) is 8.34. The Bertz CT molecular complexity index is 674. The van der Waals surface area contributed by atoms with Gasteiger partial charge in [-0.3, -0.25) is 9.59 Å². The van der Waals surface area contributed by atoms with Gasteiger partial charge in [-0.1, -0.05) is 60.1 Å². The summed E-state index contributed by atoms with van der Waals surface area (Å²) in [6, 6.07) is 16.4. The number of hydrogen-bond donors (Lipinski definition) is 2. The molecular weight excluding hydrogens is 312 g/mol. The molecule has 2 amide bonds. The molecular formula is C18H19ClN2O2. The molecule has 0 saturated heterocycles. The van der Waals surface area contributed by atoms with E-state index in [4.69, 9.17) is 11.6 Å². The first-order valence-electron chi connectivity index (χ1n) is 7.38. The summed E-state index contributed by atoms with van der Waals surface area (Å²) in [4.78, 5) is 23.6. The summed E-state index contributed by atoms with van der Waals surface area (Å²) in [5, 5.41) is 6.17. The van der Waals surface area contributed by atoms with Crippen LogP contribution in [0.25, 0.3) is 0 Å². The first-order valence-corrected chi connectivity index (χ1v) is 7.76. The van der Waals surface area contributed by atoms with E-state index in [0.717, 1.165) is 11.1 Å². The lowest BCUT2D eigenvalue weighted by Crippen LogP contribution is -2.32. The zero-order valence-corrected chi connectivity index (χ0v) is 13.6. The van der Waals surface area contributed by atoms with Gasteiger partial charge in [-0.15, -0.1) is 0 Å². The van der Waals surface area contributed by atoms with Crippen LogP contribution in [0.4, 0.5) is 0 Å². The normalized spacial score (nSPS) is 11.6. The Kier molecular flexibility index (Phi) is 6.18. The van der Waals surface area contributed by atoms with Crippen molar-refractivity contribution >= 4 is 23.4 Å². The van der Waals surface area contributed by atoms with Crippen molar-refractivity contribution < 1.29 is 9.59 Å². The van der Waals surface area contributed by atoms with Crippen LogP contribution in [-0.2, 0) is 16.1 Å². The smallest absolute Gasteiger partial charge is 0.222 e. The second-order valence-electron chi connectivity index (χ2n) is 5.24. The summed E-state index contributed by atoms with van der Waals surface area (Å²) in [5.41, 5.74) is 1.76. The Morgan fingerprint density at radius 1 is 1.04 bits per heavy atom. The average Bonchev–Trinajstić information content (AvgIpc) is 2.53. The molecule has 23 heavy (non-hydrogen) atoms. The number of hydrogen-bond acceptors (Lipinski definition) is 2. The van der Waals surface area contributed by atoms with Crippen molar-refractivity contribution in [3.8, 4) is 0 Å². The number of carbonyl (C=O) groups excluding carboxylic acids is 2. The fourth-order valence-corrected chi connectivity index (χ4v) is 2.56. The molecule has 0 aliphatic heterocycles. The molecule has 2 N–H and O–H groups in total. The molecule has 0 aliphatic carbocycles. The molecule has 2 aromatic carbocycles. The second-order valence-corrected chi connectivity index (χ2v) is 5.65. The quantitative estimate of drug-likeness (QED) is 0.854. The van der Waals surface area contributed by atoms with Crippen molar-refractivity contribution in [2.24, 2.45) is 0 Å². The SMILES string of the molecule is CC(=O)N[C@H](CC(=O)NCc1ccccc1)c1ccccc1Cl. The van der Waals surface area contributed by atoms with Crippen LogP contribution in [-0.4, -0.2) is 11.8 Å². The fraction of sp³-hybridized carbons (Fsp3) is 0.222. The standard InChI is InChI=1S/C18H19ClN2O2/c1-13(22)21-17(15-9-5-6-10-16(15)19)11-18(23)20-12-14-7-3-2-4-8-14/h2-10,17H,11-12H2,1H3,(H,20,23)(H,21,22)/t17-/m1/s1. The van der Waals surface area contributed by atoms with E-state index in [2.05, 4.69) is 10.6 Å². The lowest BCUT2D eigenvalue weighted by Gasteiger charge is -2.19. The van der Waals surface area contributed by atoms with Gasteiger partial charge in [-0.05, 0) is 17.2 Å². The first-order chi connectivity index (χ1) is 11.1. The molecule has 0 bridgehead atoms. The average molecular weight is 331 g/mol. The molecule has 0 radical (unpaired) electrons. The fourth-order valence-electron chi connectivity index (χ4n) is 2.30. The van der Waals surface area contributed by atoms with E-state index in [-0.39, 0.29) is 18.2 Å². The molecule has 120 valence electrons. The molecule has 2 rings (SSSR count). The van der Waals surface area contributed by atoms with Crippen LogP contribution in [0.3, 0.4) is 0 Å². The lowest BCUT2D eigenvalue weighted by molar-refractivity contribution is -0.122. The van der Waals surface area contributed by atoms with E-state index in [1.165, 1.54) is 6.92 Å². The van der Waals surface area contributed by atoms with Crippen molar-refractivity contribution in [3.63, 3.8) is 0 Å². The van der Waals surface area contributed by atoms with Gasteiger partial charge in [-0.25, -0.2) is 0 Å². The minimum atomic E-state index is -0.447. The van der Waals surface area contributed by atoms with Gasteiger partial charge in [0.05, 0.1) is 12.5 Å². The number of amides is 2. The topological polar surface area (TPSA) is 58.2 Å². The summed E-state index contributed by atoms with van der Waals surface area (Å²) < 4.78 is 0. The molecule has 0 saturated carbocycles. The van der Waals surface area contributed by atoms with E-state index in [9.17, 15) is 9.59 Å². The Balaban J connectivity index is 2.01. The number of halogens is 1. The van der Waals surface area contributed by atoms with Crippen LogP contribution in [0.5, 0.6) is 0 Å². The maximum absolute atomic E-state index is 12.2. The Morgan fingerprint density at radius 3 is 2.35 bits per heavy atom. The maximum Gasteiger partial charge on any atom is 0.222 e. The zero-order chi connectivity index (χ0) is 16.7. The van der Waals surface area contributed by atoms with Crippen LogP contribution in [0.2, 0.25) is 5.02 Å². The molecule has 0 unspecified atom stereocenters. The first kappa shape index (κ1) is 17.0. The number of benzene rings is 2. The molecule has 0 fully saturated rings. The summed E-state index contributed by atoms with van der Waals surface area (Å²) >= 11 is 6.18. The van der Waals surface area contributed by atoms with E-state index >= 15 is 0 Å². The van der Waals surface area contributed by atoms with Gasteiger partial charge in [0.1, 0.15) is 0 Å². The summed E-state index contributed by atoms with van der Waals surface area (Å²) in [5.74, 6) is -0.349. The van der Waals surface area contributed by atoms with Gasteiger partial charge in [0.2, 0.25) is 11.8 Å². The molecule has 0 aromatic heterocycles. The van der Waals surface area contributed by atoms with Crippen molar-refractivity contribution in [1.82, 2.24) is 10.6 Å². The summed E-state index contributed by atoms with van der Waals surface area (Å²) in [6.45, 7) is 1.88. The molecule has 1 atom stereocenters. The van der Waals surface area contributed by atoms with Crippen molar-refractivity contribution in [1.29, 1.82) is 0 Å². The monoisotopic (exact) mass is 330 g/mol. The maximum atomic E-state index is 12.2. The van der Waals surface area contributed by atoms with Gasteiger partial charge in [0.15, 0.2) is 0 Å². The molecule has 5 heteroatoms. The Labute approximate surface area is 140 Å². The Hall–Kier alpha value is -2.33. The summed E-state index contributed by atoms with van der Waals surface area (Å²) in [7, 11) is 0. The van der Waals surface area contributed by atoms with Gasteiger partial charge < -0.3 is 10.6 Å². The lowest BCUT2D eigenvalue weighted by atomic mass is 10.0. The Morgan fingerprint density at radius 2 is 1.70 bits per heavy atom. The molecule has 0 heterocycles. The number of carbonyl (C=O) groups is 2. The minimum Gasteiger partial charge on any atom is -0.352 e. The van der Waals surface area contributed by atoms with Crippen molar-refractivity contribution in [3.05, 3.63) is 70.7 Å². The highest BCUT2D eigenvalue weighted by Crippen LogP contribution is 2.25. The van der Waals surface area contributed by atoms with Crippen LogP contribution in [0.15, 0.2) is 54.6 Å².